The van der Waals surface area contributed by atoms with Gasteiger partial charge in [-0.2, -0.15) is 0 Å². The van der Waals surface area contributed by atoms with Gasteiger partial charge in [-0.1, -0.05) is 11.6 Å². The van der Waals surface area contributed by atoms with Crippen molar-refractivity contribution >= 4 is 23.2 Å². The van der Waals surface area contributed by atoms with Gasteiger partial charge in [-0.15, -0.1) is 13.2 Å². The number of rotatable bonds is 5. The van der Waals surface area contributed by atoms with Gasteiger partial charge in [-0.25, -0.2) is 9.97 Å². The molecule has 6 nitrogen and oxygen atoms in total. The number of anilines is 1. The Labute approximate surface area is 168 Å². The highest BCUT2D eigenvalue weighted by molar-refractivity contribution is 6.33. The fourth-order valence-electron chi connectivity index (χ4n) is 2.39. The molecule has 0 spiro atoms. The summed E-state index contributed by atoms with van der Waals surface area (Å²) in [6, 6.07) is 9.63. The van der Waals surface area contributed by atoms with Gasteiger partial charge in [0.15, 0.2) is 0 Å². The summed E-state index contributed by atoms with van der Waals surface area (Å²) in [5.41, 5.74) is 1.71. The Balaban J connectivity index is 1.77. The van der Waals surface area contributed by atoms with Gasteiger partial charge in [-0.3, -0.25) is 4.79 Å². The summed E-state index contributed by atoms with van der Waals surface area (Å²) in [7, 11) is 1.44. The second-order valence-electron chi connectivity index (χ2n) is 5.68. The lowest BCUT2D eigenvalue weighted by Gasteiger charge is -2.11. The molecule has 0 aliphatic heterocycles. The first-order chi connectivity index (χ1) is 13.7. The number of hydrogen-bond acceptors (Lipinski definition) is 5. The fourth-order valence-corrected chi connectivity index (χ4v) is 2.62. The molecule has 1 heterocycles. The number of alkyl halides is 3. The van der Waals surface area contributed by atoms with Crippen LogP contribution in [0.25, 0.3) is 11.1 Å². The molecule has 1 N–H and O–H groups in total. The maximum atomic E-state index is 12.5. The van der Waals surface area contributed by atoms with Crippen LogP contribution in [0, 0.1) is 0 Å². The highest BCUT2D eigenvalue weighted by Gasteiger charge is 2.31. The minimum absolute atomic E-state index is 0.191. The van der Waals surface area contributed by atoms with Gasteiger partial charge in [0.1, 0.15) is 5.75 Å². The van der Waals surface area contributed by atoms with Crippen LogP contribution < -0.4 is 14.8 Å². The summed E-state index contributed by atoms with van der Waals surface area (Å²) in [6.07, 6.45) is -1.77. The van der Waals surface area contributed by atoms with E-state index in [2.05, 4.69) is 20.0 Å². The average Bonchev–Trinajstić information content (AvgIpc) is 2.69. The van der Waals surface area contributed by atoms with Gasteiger partial charge >= 0.3 is 12.4 Å². The number of hydrogen-bond donors (Lipinski definition) is 1. The number of carbonyl (C=O) groups is 1. The van der Waals surface area contributed by atoms with Crippen LogP contribution in [0.4, 0.5) is 18.9 Å². The molecule has 10 heteroatoms. The van der Waals surface area contributed by atoms with Crippen LogP contribution in [-0.4, -0.2) is 29.3 Å². The van der Waals surface area contributed by atoms with Gasteiger partial charge in [0.05, 0.1) is 7.11 Å². The van der Waals surface area contributed by atoms with Crippen LogP contribution >= 0.6 is 11.6 Å². The molecule has 3 rings (SSSR count). The molecule has 0 saturated carbocycles. The van der Waals surface area contributed by atoms with Gasteiger partial charge < -0.3 is 14.8 Å². The zero-order valence-electron chi connectivity index (χ0n) is 14.8. The van der Waals surface area contributed by atoms with Crippen molar-refractivity contribution in [2.75, 3.05) is 12.4 Å². The lowest BCUT2D eigenvalue weighted by atomic mass is 10.1. The highest BCUT2D eigenvalue weighted by atomic mass is 35.5. The standard InChI is InChI=1S/C19H13ClF3N3O3/c1-28-18-24-9-12(10-25-18)15-8-11(2-7-16(15)20)17(27)26-13-3-5-14(6-4-13)29-19(21,22)23/h2-10H,1H3,(H,26,27). The summed E-state index contributed by atoms with van der Waals surface area (Å²) in [4.78, 5) is 20.5. The Morgan fingerprint density at radius 2 is 1.72 bits per heavy atom. The molecule has 0 aliphatic carbocycles. The van der Waals surface area contributed by atoms with Crippen molar-refractivity contribution in [1.82, 2.24) is 9.97 Å². The molecule has 0 fully saturated rings. The quantitative estimate of drug-likeness (QED) is 0.628. The van der Waals surface area contributed by atoms with Gasteiger partial charge in [0.25, 0.3) is 5.91 Å². The number of carbonyl (C=O) groups excluding carboxylic acids is 1. The molecule has 0 aliphatic rings. The SMILES string of the molecule is COc1ncc(-c2cc(C(=O)Nc3ccc(OC(F)(F)F)cc3)ccc2Cl)cn1. The minimum Gasteiger partial charge on any atom is -0.467 e. The van der Waals surface area contributed by atoms with Crippen molar-refractivity contribution < 1.29 is 27.4 Å². The summed E-state index contributed by atoms with van der Waals surface area (Å²) in [5.74, 6) is -0.856. The fraction of sp³-hybridized carbons (Fsp3) is 0.105. The maximum Gasteiger partial charge on any atom is 0.573 e. The molecular formula is C19H13ClF3N3O3. The van der Waals surface area contributed by atoms with Gasteiger partial charge in [0, 0.05) is 39.8 Å². The molecule has 0 atom stereocenters. The largest absolute Gasteiger partial charge is 0.573 e. The van der Waals surface area contributed by atoms with Crippen molar-refractivity contribution in [3.8, 4) is 22.9 Å². The first kappa shape index (κ1) is 20.4. The summed E-state index contributed by atoms with van der Waals surface area (Å²) < 4.78 is 45.3. The van der Waals surface area contributed by atoms with E-state index in [1.165, 1.54) is 37.7 Å². The smallest absolute Gasteiger partial charge is 0.467 e. The van der Waals surface area contributed by atoms with Crippen molar-refractivity contribution in [3.05, 3.63) is 65.4 Å². The van der Waals surface area contributed by atoms with Crippen LogP contribution in [0.3, 0.4) is 0 Å². The Bertz CT molecular complexity index is 1010. The maximum absolute atomic E-state index is 12.5. The van der Waals surface area contributed by atoms with Crippen LogP contribution in [0.2, 0.25) is 5.02 Å². The third-order valence-corrected chi connectivity index (χ3v) is 4.03. The second kappa shape index (κ2) is 8.36. The first-order valence-corrected chi connectivity index (χ1v) is 8.46. The van der Waals surface area contributed by atoms with E-state index in [0.29, 0.717) is 21.8 Å². The van der Waals surface area contributed by atoms with Gasteiger partial charge in [-0.05, 0) is 42.5 Å². The summed E-state index contributed by atoms with van der Waals surface area (Å²) in [6.45, 7) is 0. The molecule has 150 valence electrons. The van der Waals surface area contributed by atoms with Crippen LogP contribution in [0.15, 0.2) is 54.9 Å². The molecule has 2 aromatic carbocycles. The van der Waals surface area contributed by atoms with E-state index in [0.717, 1.165) is 12.1 Å². The van der Waals surface area contributed by atoms with E-state index in [4.69, 9.17) is 16.3 Å². The number of amides is 1. The van der Waals surface area contributed by atoms with Crippen LogP contribution in [0.1, 0.15) is 10.4 Å². The summed E-state index contributed by atoms with van der Waals surface area (Å²) in [5, 5.41) is 2.99. The normalized spacial score (nSPS) is 11.1. The lowest BCUT2D eigenvalue weighted by Crippen LogP contribution is -2.17. The van der Waals surface area contributed by atoms with Crippen molar-refractivity contribution in [3.63, 3.8) is 0 Å². The predicted octanol–water partition coefficient (Wildman–Crippen LogP) is 4.96. The molecule has 0 saturated heterocycles. The Kier molecular flexibility index (Phi) is 5.88. The topological polar surface area (TPSA) is 73.3 Å². The Morgan fingerprint density at radius 1 is 1.07 bits per heavy atom. The molecule has 1 amide bonds. The monoisotopic (exact) mass is 423 g/mol. The molecule has 0 bridgehead atoms. The average molecular weight is 424 g/mol. The molecule has 0 unspecified atom stereocenters. The summed E-state index contributed by atoms with van der Waals surface area (Å²) >= 11 is 6.22. The number of ether oxygens (including phenoxy) is 2. The van der Waals surface area contributed by atoms with Crippen LogP contribution in [-0.2, 0) is 0 Å². The number of benzene rings is 2. The molecule has 29 heavy (non-hydrogen) atoms. The van der Waals surface area contributed by atoms with E-state index in [9.17, 15) is 18.0 Å². The second-order valence-corrected chi connectivity index (χ2v) is 6.09. The van der Waals surface area contributed by atoms with E-state index < -0.39 is 12.3 Å². The zero-order chi connectivity index (χ0) is 21.0. The zero-order valence-corrected chi connectivity index (χ0v) is 15.6. The number of nitrogens with zero attached hydrogens (tertiary/aromatic N) is 2. The number of methoxy groups -OCH3 is 1. The van der Waals surface area contributed by atoms with Crippen LogP contribution in [0.5, 0.6) is 11.8 Å². The van der Waals surface area contributed by atoms with Crippen molar-refractivity contribution in [1.29, 1.82) is 0 Å². The third kappa shape index (κ3) is 5.35. The predicted molar refractivity (Wildman–Crippen MR) is 100 cm³/mol. The highest BCUT2D eigenvalue weighted by Crippen LogP contribution is 2.29. The molecule has 0 radical (unpaired) electrons. The van der Waals surface area contributed by atoms with E-state index >= 15 is 0 Å². The molecule has 3 aromatic rings. The number of nitrogens with one attached hydrogen (secondary N) is 1. The van der Waals surface area contributed by atoms with E-state index in [1.54, 1.807) is 12.1 Å². The van der Waals surface area contributed by atoms with E-state index in [-0.39, 0.29) is 17.3 Å². The van der Waals surface area contributed by atoms with Crippen molar-refractivity contribution in [2.45, 2.75) is 6.36 Å². The number of halogens is 4. The Morgan fingerprint density at radius 3 is 2.31 bits per heavy atom. The minimum atomic E-state index is -4.78. The lowest BCUT2D eigenvalue weighted by molar-refractivity contribution is -0.274. The first-order valence-electron chi connectivity index (χ1n) is 8.08. The third-order valence-electron chi connectivity index (χ3n) is 3.70. The van der Waals surface area contributed by atoms with Crippen molar-refractivity contribution in [2.24, 2.45) is 0 Å². The number of aromatic nitrogens is 2. The van der Waals surface area contributed by atoms with Gasteiger partial charge in [0.2, 0.25) is 0 Å². The Hall–Kier alpha value is -3.33. The van der Waals surface area contributed by atoms with E-state index in [1.807, 2.05) is 0 Å². The molecule has 1 aromatic heterocycles. The molecular weight excluding hydrogens is 411 g/mol.